The first kappa shape index (κ1) is 29.4. The molecule has 0 saturated carbocycles. The smallest absolute Gasteiger partial charge is 0.410 e. The van der Waals surface area contributed by atoms with E-state index in [-0.39, 0.29) is 30.0 Å². The van der Waals surface area contributed by atoms with Gasteiger partial charge in [0.05, 0.1) is 29.0 Å². The monoisotopic (exact) mass is 590 g/mol. The Morgan fingerprint density at radius 3 is 2.43 bits per heavy atom. The Labute approximate surface area is 258 Å². The summed E-state index contributed by atoms with van der Waals surface area (Å²) in [6.07, 6.45) is 4.16. The van der Waals surface area contributed by atoms with Crippen LogP contribution >= 0.6 is 0 Å². The Morgan fingerprint density at radius 1 is 1.02 bits per heavy atom. The highest BCUT2D eigenvalue weighted by Crippen LogP contribution is 2.48. The van der Waals surface area contributed by atoms with Crippen LogP contribution in [0.1, 0.15) is 99.1 Å². The second-order valence-corrected chi connectivity index (χ2v) is 12.3. The van der Waals surface area contributed by atoms with Gasteiger partial charge in [-0.15, -0.1) is 5.92 Å². The van der Waals surface area contributed by atoms with Gasteiger partial charge in [0.15, 0.2) is 0 Å². The fraction of sp³-hybridized carbons (Fsp3) is 0.400. The van der Waals surface area contributed by atoms with Crippen molar-refractivity contribution in [3.8, 4) is 23.0 Å². The molecule has 3 aliphatic rings. The van der Waals surface area contributed by atoms with Crippen LogP contribution in [-0.2, 0) is 4.74 Å². The molecule has 0 radical (unpaired) electrons. The predicted octanol–water partition coefficient (Wildman–Crippen LogP) is 6.35. The van der Waals surface area contributed by atoms with Gasteiger partial charge >= 0.3 is 6.09 Å². The van der Waals surface area contributed by atoms with Crippen molar-refractivity contribution < 1.29 is 14.3 Å². The van der Waals surface area contributed by atoms with Crippen LogP contribution in [0.25, 0.3) is 22.2 Å². The number of fused-ring (bicyclic) bond motifs is 9. The number of benzene rings is 2. The minimum atomic E-state index is -0.516. The number of carbonyl (C=O) groups is 2. The summed E-state index contributed by atoms with van der Waals surface area (Å²) in [4.78, 5) is 43.6. The van der Waals surface area contributed by atoms with Crippen LogP contribution in [0.5, 0.6) is 0 Å². The zero-order valence-electron chi connectivity index (χ0n) is 26.4. The Morgan fingerprint density at radius 2 is 1.75 bits per heavy atom. The van der Waals surface area contributed by atoms with Crippen molar-refractivity contribution in [3.05, 3.63) is 77.1 Å². The zero-order chi connectivity index (χ0) is 31.3. The first-order valence-corrected chi connectivity index (χ1v) is 15.3. The van der Waals surface area contributed by atoms with Gasteiger partial charge in [0.2, 0.25) is 0 Å². The molecular weight excluding hydrogens is 552 g/mol. The number of imidazole rings is 1. The first-order chi connectivity index (χ1) is 21.1. The molecule has 2 amide bonds. The summed E-state index contributed by atoms with van der Waals surface area (Å²) >= 11 is 0. The zero-order valence-corrected chi connectivity index (χ0v) is 26.4. The van der Waals surface area contributed by atoms with Crippen LogP contribution in [0.4, 0.5) is 4.79 Å². The number of hydrogen-bond donors (Lipinski definition) is 0. The maximum Gasteiger partial charge on any atom is 0.410 e. The van der Waals surface area contributed by atoms with Crippen molar-refractivity contribution in [2.75, 3.05) is 20.1 Å². The van der Waals surface area contributed by atoms with E-state index in [0.29, 0.717) is 18.7 Å². The molecule has 2 unspecified atom stereocenters. The number of ether oxygens (including phenoxy) is 1. The average Bonchev–Trinajstić information content (AvgIpc) is 3.50. The summed E-state index contributed by atoms with van der Waals surface area (Å²) in [5.74, 6) is 7.98. The molecule has 2 atom stereocenters. The highest BCUT2D eigenvalue weighted by atomic mass is 16.6. The lowest BCUT2D eigenvalue weighted by Crippen LogP contribution is -2.50. The summed E-state index contributed by atoms with van der Waals surface area (Å²) in [7, 11) is 1.87. The first-order valence-electron chi connectivity index (χ1n) is 15.3. The third-order valence-corrected chi connectivity index (χ3v) is 8.39. The lowest BCUT2D eigenvalue weighted by molar-refractivity contribution is 0.00750. The van der Waals surface area contributed by atoms with E-state index >= 15 is 0 Å². The van der Waals surface area contributed by atoms with E-state index in [1.807, 2.05) is 96.2 Å². The van der Waals surface area contributed by atoms with Gasteiger partial charge in [-0.05, 0) is 57.5 Å². The fourth-order valence-electron chi connectivity index (χ4n) is 6.36. The number of likely N-dealkylation sites (tertiary alicyclic amines) is 1. The van der Waals surface area contributed by atoms with Crippen LogP contribution in [0.2, 0.25) is 0 Å². The molecule has 2 aromatic carbocycles. The standard InChI is InChI=1S/C33H32N6O3.C2H6/c1-6-8-19-9-7-10-23-28(19)26-14-27(37(5)31(23)40)30-36-24-12-11-20(13-25(24)39(26)30)21-15-34-29(35-16-21)22-17-38(18-22)32(41)42-33(2,3)4;1-2/h7,9-13,15-16,22,26-27H,14,17-18H2,1-5H3;1-2H3. The number of aromatic nitrogens is 4. The molecule has 0 aliphatic carbocycles. The van der Waals surface area contributed by atoms with Gasteiger partial charge in [0.1, 0.15) is 17.2 Å². The second kappa shape index (κ2) is 11.1. The van der Waals surface area contributed by atoms with E-state index < -0.39 is 5.60 Å². The molecule has 226 valence electrons. The molecule has 1 saturated heterocycles. The van der Waals surface area contributed by atoms with Gasteiger partial charge in [0.25, 0.3) is 5.91 Å². The average molecular weight is 591 g/mol. The minimum Gasteiger partial charge on any atom is -0.444 e. The van der Waals surface area contributed by atoms with Crippen LogP contribution in [0.15, 0.2) is 48.8 Å². The second-order valence-electron chi connectivity index (χ2n) is 12.3. The van der Waals surface area contributed by atoms with Crippen LogP contribution in [0, 0.1) is 11.8 Å². The Kier molecular flexibility index (Phi) is 7.40. The maximum atomic E-state index is 13.5. The fourth-order valence-corrected chi connectivity index (χ4v) is 6.36. The molecule has 7 rings (SSSR count). The third-order valence-electron chi connectivity index (χ3n) is 8.39. The number of nitrogens with zero attached hydrogens (tertiary/aromatic N) is 6. The molecule has 0 spiro atoms. The van der Waals surface area contributed by atoms with Gasteiger partial charge in [-0.2, -0.15) is 0 Å². The molecule has 9 nitrogen and oxygen atoms in total. The Balaban J connectivity index is 0.00000168. The SMILES string of the molecule is CC.CC#Cc1cccc2c1C1CC(c3nc4ccc(-c5cnc(C6CN(C(=O)OC(C)(C)C)C6)nc5)cc4n31)N(C)C2=O. The molecule has 5 heterocycles. The summed E-state index contributed by atoms with van der Waals surface area (Å²) in [6, 6.07) is 11.9. The molecule has 9 heteroatoms. The number of carbonyl (C=O) groups excluding carboxylic acids is 2. The molecule has 3 aliphatic heterocycles. The maximum absolute atomic E-state index is 13.5. The molecule has 2 aromatic heterocycles. The van der Waals surface area contributed by atoms with E-state index in [0.717, 1.165) is 51.4 Å². The molecule has 0 N–H and O–H groups in total. The predicted molar refractivity (Wildman–Crippen MR) is 169 cm³/mol. The summed E-state index contributed by atoms with van der Waals surface area (Å²) < 4.78 is 7.75. The molecule has 1 fully saturated rings. The van der Waals surface area contributed by atoms with Crippen LogP contribution < -0.4 is 0 Å². The number of rotatable bonds is 2. The van der Waals surface area contributed by atoms with E-state index in [1.165, 1.54) is 0 Å². The van der Waals surface area contributed by atoms with Gasteiger partial charge < -0.3 is 19.1 Å². The molecule has 44 heavy (non-hydrogen) atoms. The van der Waals surface area contributed by atoms with Gasteiger partial charge in [0, 0.05) is 61.2 Å². The van der Waals surface area contributed by atoms with E-state index in [4.69, 9.17) is 9.72 Å². The van der Waals surface area contributed by atoms with Crippen LogP contribution in [-0.4, -0.2) is 67.1 Å². The van der Waals surface area contributed by atoms with Crippen molar-refractivity contribution in [2.24, 2.45) is 0 Å². The van der Waals surface area contributed by atoms with Crippen molar-refractivity contribution in [2.45, 2.75) is 71.6 Å². The highest BCUT2D eigenvalue weighted by Gasteiger charge is 2.44. The number of amides is 2. The van der Waals surface area contributed by atoms with Crippen molar-refractivity contribution in [3.63, 3.8) is 0 Å². The summed E-state index contributed by atoms with van der Waals surface area (Å²) in [5.41, 5.74) is 5.85. The lowest BCUT2D eigenvalue weighted by Gasteiger charge is -2.38. The van der Waals surface area contributed by atoms with Gasteiger partial charge in [-0.3, -0.25) is 4.79 Å². The lowest BCUT2D eigenvalue weighted by atomic mass is 9.93. The topological polar surface area (TPSA) is 93.5 Å². The molecule has 4 aromatic rings. The highest BCUT2D eigenvalue weighted by molar-refractivity contribution is 5.98. The summed E-state index contributed by atoms with van der Waals surface area (Å²) in [6.45, 7) is 12.5. The van der Waals surface area contributed by atoms with Crippen molar-refractivity contribution in [1.82, 2.24) is 29.3 Å². The summed E-state index contributed by atoms with van der Waals surface area (Å²) in [5, 5.41) is 0. The molecular formula is C35H38N6O3. The third kappa shape index (κ3) is 4.88. The van der Waals surface area contributed by atoms with E-state index in [9.17, 15) is 9.59 Å². The van der Waals surface area contributed by atoms with Crippen molar-refractivity contribution in [1.29, 1.82) is 0 Å². The van der Waals surface area contributed by atoms with Gasteiger partial charge in [-0.25, -0.2) is 19.7 Å². The van der Waals surface area contributed by atoms with Crippen LogP contribution in [0.3, 0.4) is 0 Å². The minimum absolute atomic E-state index is 0.00849. The number of hydrogen-bond acceptors (Lipinski definition) is 6. The Bertz CT molecular complexity index is 1820. The van der Waals surface area contributed by atoms with E-state index in [2.05, 4.69) is 32.4 Å². The quantitative estimate of drug-likeness (QED) is 0.253. The Hall–Kier alpha value is -4.71. The molecule has 2 bridgehead atoms. The van der Waals surface area contributed by atoms with E-state index in [1.54, 1.807) is 4.90 Å². The largest absolute Gasteiger partial charge is 0.444 e. The van der Waals surface area contributed by atoms with Crippen molar-refractivity contribution >= 4 is 23.0 Å². The normalized spacial score (nSPS) is 18.8. The van der Waals surface area contributed by atoms with Gasteiger partial charge in [-0.1, -0.05) is 31.9 Å².